The van der Waals surface area contributed by atoms with Crippen molar-refractivity contribution in [2.45, 2.75) is 33.6 Å². The van der Waals surface area contributed by atoms with E-state index < -0.39 is 5.56 Å². The number of aryl methyl sites for hydroxylation is 2. The minimum atomic E-state index is -0.499. The summed E-state index contributed by atoms with van der Waals surface area (Å²) in [6.07, 6.45) is 2.53. The number of carbonyl (C=O) groups excluding carboxylic acids is 1. The zero-order valence-electron chi connectivity index (χ0n) is 19.3. The van der Waals surface area contributed by atoms with Crippen LogP contribution in [0.25, 0.3) is 17.3 Å². The summed E-state index contributed by atoms with van der Waals surface area (Å²) in [5.41, 5.74) is 3.70. The Hall–Kier alpha value is -3.78. The first kappa shape index (κ1) is 23.4. The molecule has 1 aromatic heterocycles. The molecule has 34 heavy (non-hydrogen) atoms. The number of nitrogens with one attached hydrogen (secondary N) is 2. The zero-order chi connectivity index (χ0) is 24.4. The van der Waals surface area contributed by atoms with Crippen molar-refractivity contribution < 1.29 is 9.90 Å². The van der Waals surface area contributed by atoms with Gasteiger partial charge in [0.15, 0.2) is 4.77 Å². The lowest BCUT2D eigenvalue weighted by molar-refractivity contribution is -0.120. The molecule has 3 aromatic rings. The van der Waals surface area contributed by atoms with E-state index in [1.54, 1.807) is 13.0 Å². The fraction of sp³-hybridized carbons (Fsp3) is 0.231. The summed E-state index contributed by atoms with van der Waals surface area (Å²) >= 11 is 5.37. The van der Waals surface area contributed by atoms with Crippen LogP contribution in [-0.4, -0.2) is 27.1 Å². The van der Waals surface area contributed by atoms with Crippen LogP contribution in [0.4, 0.5) is 0 Å². The SMILES string of the molecule is CCC(=O)NCCC1=c2ccccc2=NC1=Cc1c(O)n(-c2ccc(C)cc2C)c(=S)[nH]c1=O. The number of hydrogen-bond donors (Lipinski definition) is 3. The number of aromatic hydroxyl groups is 1. The Balaban J connectivity index is 1.85. The van der Waals surface area contributed by atoms with Crippen LogP contribution < -0.4 is 21.5 Å². The molecule has 1 aliphatic heterocycles. The number of aromatic amines is 1. The Kier molecular flexibility index (Phi) is 6.61. The number of amides is 1. The molecular weight excluding hydrogens is 448 g/mol. The van der Waals surface area contributed by atoms with E-state index in [4.69, 9.17) is 17.2 Å². The second-order valence-corrected chi connectivity index (χ2v) is 8.60. The van der Waals surface area contributed by atoms with Gasteiger partial charge in [-0.1, -0.05) is 42.8 Å². The molecule has 0 atom stereocenters. The Morgan fingerprint density at radius 2 is 2.00 bits per heavy atom. The van der Waals surface area contributed by atoms with Crippen molar-refractivity contribution in [2.24, 2.45) is 4.99 Å². The molecule has 0 saturated carbocycles. The molecule has 8 heteroatoms. The van der Waals surface area contributed by atoms with E-state index in [0.29, 0.717) is 30.8 Å². The molecular formula is C26H26N4O3S. The molecule has 1 amide bonds. The van der Waals surface area contributed by atoms with E-state index in [-0.39, 0.29) is 22.1 Å². The van der Waals surface area contributed by atoms with Crippen molar-refractivity contribution in [3.8, 4) is 11.6 Å². The normalized spacial score (nSPS) is 13.6. The van der Waals surface area contributed by atoms with Crippen molar-refractivity contribution in [2.75, 3.05) is 6.54 Å². The fourth-order valence-corrected chi connectivity index (χ4v) is 4.36. The molecule has 0 saturated heterocycles. The van der Waals surface area contributed by atoms with E-state index in [9.17, 15) is 14.7 Å². The number of carbonyl (C=O) groups is 1. The standard InChI is InChI=1S/C26H26N4O3S/c1-4-23(31)27-12-11-18-17-7-5-6-8-20(17)28-21(18)14-19-24(32)29-26(34)30(25(19)33)22-10-9-15(2)13-16(22)3/h5-10,13-14,33H,4,11-12H2,1-3H3,(H,27,31)(H,29,32,34). The van der Waals surface area contributed by atoms with Gasteiger partial charge in [0.05, 0.1) is 16.7 Å². The lowest BCUT2D eigenvalue weighted by atomic mass is 10.1. The van der Waals surface area contributed by atoms with Crippen LogP contribution in [-0.2, 0) is 4.79 Å². The summed E-state index contributed by atoms with van der Waals surface area (Å²) in [5.74, 6) is -0.281. The molecule has 0 radical (unpaired) electrons. The molecule has 3 N–H and O–H groups in total. The average Bonchev–Trinajstić information content (AvgIpc) is 3.15. The van der Waals surface area contributed by atoms with Crippen molar-refractivity contribution in [1.29, 1.82) is 0 Å². The van der Waals surface area contributed by atoms with Gasteiger partial charge in [0.25, 0.3) is 5.56 Å². The number of nitrogens with zero attached hydrogens (tertiary/aromatic N) is 2. The predicted octanol–water partition coefficient (Wildman–Crippen LogP) is 2.96. The van der Waals surface area contributed by atoms with E-state index in [1.165, 1.54) is 4.57 Å². The van der Waals surface area contributed by atoms with Crippen LogP contribution in [0.5, 0.6) is 5.88 Å². The lowest BCUT2D eigenvalue weighted by Gasteiger charge is -2.14. The van der Waals surface area contributed by atoms with E-state index in [0.717, 1.165) is 27.3 Å². The van der Waals surface area contributed by atoms with Gasteiger partial charge in [-0.2, -0.15) is 0 Å². The van der Waals surface area contributed by atoms with E-state index in [2.05, 4.69) is 10.3 Å². The molecule has 0 fully saturated rings. The highest BCUT2D eigenvalue weighted by Gasteiger charge is 2.18. The van der Waals surface area contributed by atoms with Crippen LogP contribution in [0.1, 0.15) is 36.5 Å². The third-order valence-corrected chi connectivity index (χ3v) is 6.08. The smallest absolute Gasteiger partial charge is 0.262 e. The Labute approximate surface area is 201 Å². The zero-order valence-corrected chi connectivity index (χ0v) is 20.1. The van der Waals surface area contributed by atoms with E-state index in [1.807, 2.05) is 56.3 Å². The number of benzene rings is 2. The van der Waals surface area contributed by atoms with Crippen LogP contribution >= 0.6 is 12.2 Å². The topological polar surface area (TPSA) is 99.5 Å². The van der Waals surface area contributed by atoms with E-state index >= 15 is 0 Å². The fourth-order valence-electron chi connectivity index (χ4n) is 4.08. The lowest BCUT2D eigenvalue weighted by Crippen LogP contribution is -2.26. The third kappa shape index (κ3) is 4.49. The minimum Gasteiger partial charge on any atom is -0.494 e. The molecule has 7 nitrogen and oxygen atoms in total. The Morgan fingerprint density at radius 1 is 1.24 bits per heavy atom. The number of hydrogen-bond acceptors (Lipinski definition) is 5. The number of para-hydroxylation sites is 1. The summed E-state index contributed by atoms with van der Waals surface area (Å²) in [6, 6.07) is 13.4. The van der Waals surface area contributed by atoms with Gasteiger partial charge >= 0.3 is 0 Å². The maximum Gasteiger partial charge on any atom is 0.262 e. The monoisotopic (exact) mass is 474 g/mol. The number of allylic oxidation sites excluding steroid dienone is 1. The Bertz CT molecular complexity index is 1560. The number of H-pyrrole nitrogens is 1. The maximum absolute atomic E-state index is 12.8. The van der Waals surface area contributed by atoms with Crippen LogP contribution in [0.15, 0.2) is 57.9 Å². The highest BCUT2D eigenvalue weighted by Crippen LogP contribution is 2.27. The molecule has 0 bridgehead atoms. The Morgan fingerprint density at radius 3 is 2.74 bits per heavy atom. The van der Waals surface area contributed by atoms with Crippen LogP contribution in [0.3, 0.4) is 0 Å². The van der Waals surface area contributed by atoms with Crippen molar-refractivity contribution in [3.05, 3.63) is 90.6 Å². The first-order valence-corrected chi connectivity index (χ1v) is 11.5. The van der Waals surface area contributed by atoms with Gasteiger partial charge in [-0.3, -0.25) is 19.1 Å². The largest absolute Gasteiger partial charge is 0.494 e. The van der Waals surface area contributed by atoms with Crippen LogP contribution in [0.2, 0.25) is 0 Å². The number of fused-ring (bicyclic) bond motifs is 1. The molecule has 174 valence electrons. The number of aromatic nitrogens is 2. The van der Waals surface area contributed by atoms with Crippen molar-refractivity contribution >= 4 is 29.8 Å². The predicted molar refractivity (Wildman–Crippen MR) is 135 cm³/mol. The molecule has 0 unspecified atom stereocenters. The summed E-state index contributed by atoms with van der Waals surface area (Å²) in [4.78, 5) is 31.9. The molecule has 1 aliphatic rings. The quantitative estimate of drug-likeness (QED) is 0.478. The van der Waals surface area contributed by atoms with Gasteiger partial charge in [-0.25, -0.2) is 4.99 Å². The summed E-state index contributed by atoms with van der Waals surface area (Å²) in [6.45, 7) is 6.15. The van der Waals surface area contributed by atoms with Gasteiger partial charge in [0.1, 0.15) is 5.56 Å². The van der Waals surface area contributed by atoms with Gasteiger partial charge in [0, 0.05) is 18.2 Å². The molecule has 0 spiro atoms. The van der Waals surface area contributed by atoms with Crippen LogP contribution in [0, 0.1) is 18.6 Å². The van der Waals surface area contributed by atoms with Gasteiger partial charge < -0.3 is 10.4 Å². The highest BCUT2D eigenvalue weighted by molar-refractivity contribution is 7.71. The third-order valence-electron chi connectivity index (χ3n) is 5.79. The molecule has 4 rings (SSSR count). The number of rotatable bonds is 6. The summed E-state index contributed by atoms with van der Waals surface area (Å²) in [7, 11) is 0. The molecule has 0 aliphatic carbocycles. The molecule has 2 aromatic carbocycles. The highest BCUT2D eigenvalue weighted by atomic mass is 32.1. The second-order valence-electron chi connectivity index (χ2n) is 8.21. The first-order valence-electron chi connectivity index (χ1n) is 11.1. The summed E-state index contributed by atoms with van der Waals surface area (Å²) < 4.78 is 1.57. The van der Waals surface area contributed by atoms with Gasteiger partial charge in [-0.05, 0) is 61.8 Å². The van der Waals surface area contributed by atoms with Crippen molar-refractivity contribution in [3.63, 3.8) is 0 Å². The van der Waals surface area contributed by atoms with Crippen molar-refractivity contribution in [1.82, 2.24) is 14.9 Å². The second kappa shape index (κ2) is 9.61. The van der Waals surface area contributed by atoms with Gasteiger partial charge in [0.2, 0.25) is 11.8 Å². The first-order chi connectivity index (χ1) is 16.3. The molecule has 2 heterocycles. The average molecular weight is 475 g/mol. The summed E-state index contributed by atoms with van der Waals surface area (Å²) in [5, 5.41) is 15.8. The maximum atomic E-state index is 12.8. The minimum absolute atomic E-state index is 0.0287. The van der Waals surface area contributed by atoms with Gasteiger partial charge in [-0.15, -0.1) is 0 Å².